The van der Waals surface area contributed by atoms with Gasteiger partial charge < -0.3 is 15.1 Å². The van der Waals surface area contributed by atoms with Gasteiger partial charge in [0.2, 0.25) is 0 Å². The summed E-state index contributed by atoms with van der Waals surface area (Å²) in [4.78, 5) is 32.4. The van der Waals surface area contributed by atoms with E-state index in [1.54, 1.807) is 12.1 Å². The van der Waals surface area contributed by atoms with Crippen molar-refractivity contribution < 1.29 is 27.2 Å². The topological polar surface area (TPSA) is 65.5 Å². The van der Waals surface area contributed by atoms with E-state index < -0.39 is 35.1 Å². The molecule has 1 aliphatic heterocycles. The smallest absolute Gasteiger partial charge is 0.258 e. The number of amides is 2. The van der Waals surface area contributed by atoms with E-state index in [9.17, 15) is 27.2 Å². The number of carbonyl (C=O) groups excluding carboxylic acids is 2. The van der Waals surface area contributed by atoms with E-state index >= 15 is 0 Å². The summed E-state index contributed by atoms with van der Waals surface area (Å²) in [5.41, 5.74) is -0.146. The van der Waals surface area contributed by atoms with Gasteiger partial charge in [-0.1, -0.05) is 0 Å². The van der Waals surface area contributed by atoms with E-state index in [0.717, 1.165) is 24.3 Å². The first-order valence-electron chi connectivity index (χ1n) is 10.0. The van der Waals surface area contributed by atoms with Gasteiger partial charge in [0.15, 0.2) is 0 Å². The Morgan fingerprint density at radius 1 is 0.788 bits per heavy atom. The van der Waals surface area contributed by atoms with Crippen LogP contribution in [0, 0.1) is 23.3 Å². The SMILES string of the molecule is O=C(Nc1ccc(N2CCN(C(=O)c3ccc(F)cc3F)CC2)nc1)c1ccc(F)cc1F. The number of anilines is 2. The summed E-state index contributed by atoms with van der Waals surface area (Å²) in [6, 6.07) is 8.78. The minimum absolute atomic E-state index is 0.180. The van der Waals surface area contributed by atoms with Crippen LogP contribution in [0.15, 0.2) is 54.7 Å². The second-order valence-corrected chi connectivity index (χ2v) is 7.39. The molecule has 3 aromatic rings. The molecule has 170 valence electrons. The summed E-state index contributed by atoms with van der Waals surface area (Å²) in [6.07, 6.45) is 1.40. The average molecular weight is 458 g/mol. The zero-order valence-electron chi connectivity index (χ0n) is 17.2. The molecule has 1 aliphatic rings. The number of nitrogens with one attached hydrogen (secondary N) is 1. The van der Waals surface area contributed by atoms with Crippen LogP contribution < -0.4 is 10.2 Å². The van der Waals surface area contributed by atoms with E-state index in [1.165, 1.54) is 11.1 Å². The van der Waals surface area contributed by atoms with Crippen LogP contribution in [0.1, 0.15) is 20.7 Å². The van der Waals surface area contributed by atoms with Gasteiger partial charge in [-0.25, -0.2) is 22.5 Å². The number of pyridine rings is 1. The lowest BCUT2D eigenvalue weighted by atomic mass is 10.1. The number of benzene rings is 2. The molecule has 4 rings (SSSR count). The number of halogens is 4. The Morgan fingerprint density at radius 2 is 1.39 bits per heavy atom. The maximum atomic E-state index is 13.9. The zero-order valence-corrected chi connectivity index (χ0v) is 17.2. The molecule has 1 N–H and O–H groups in total. The van der Waals surface area contributed by atoms with Crippen molar-refractivity contribution in [3.8, 4) is 0 Å². The molecule has 0 atom stereocenters. The predicted molar refractivity (Wildman–Crippen MR) is 113 cm³/mol. The van der Waals surface area contributed by atoms with Gasteiger partial charge in [-0.2, -0.15) is 0 Å². The lowest BCUT2D eigenvalue weighted by Gasteiger charge is -2.35. The molecule has 1 saturated heterocycles. The second kappa shape index (κ2) is 9.27. The molecule has 0 spiro atoms. The van der Waals surface area contributed by atoms with Gasteiger partial charge in [0, 0.05) is 38.3 Å². The van der Waals surface area contributed by atoms with Crippen molar-refractivity contribution in [2.75, 3.05) is 36.4 Å². The fourth-order valence-corrected chi connectivity index (χ4v) is 3.49. The van der Waals surface area contributed by atoms with Crippen molar-refractivity contribution in [1.82, 2.24) is 9.88 Å². The molecule has 1 aromatic heterocycles. The third kappa shape index (κ3) is 4.94. The summed E-state index contributed by atoms with van der Waals surface area (Å²) in [5, 5.41) is 2.50. The third-order valence-electron chi connectivity index (χ3n) is 5.23. The Labute approximate surface area is 186 Å². The highest BCUT2D eigenvalue weighted by Gasteiger charge is 2.25. The maximum Gasteiger partial charge on any atom is 0.258 e. The summed E-state index contributed by atoms with van der Waals surface area (Å²) in [5.74, 6) is -4.04. The molecule has 2 amide bonds. The standard InChI is InChI=1S/C23H18F4N4O2/c24-14-1-4-17(19(26)11-14)22(32)29-16-3-6-21(28-13-16)30-7-9-31(10-8-30)23(33)18-5-2-15(25)12-20(18)27/h1-6,11-13H,7-10H2,(H,29,32). The van der Waals surface area contributed by atoms with Crippen molar-refractivity contribution in [2.45, 2.75) is 0 Å². The molecule has 2 aromatic carbocycles. The molecular formula is C23H18F4N4O2. The normalized spacial score (nSPS) is 13.7. The Balaban J connectivity index is 1.35. The van der Waals surface area contributed by atoms with E-state index in [4.69, 9.17) is 0 Å². The van der Waals surface area contributed by atoms with Gasteiger partial charge in [0.05, 0.1) is 23.0 Å². The van der Waals surface area contributed by atoms with Crippen LogP contribution in [0.3, 0.4) is 0 Å². The van der Waals surface area contributed by atoms with Crippen LogP contribution in [0.5, 0.6) is 0 Å². The number of aromatic nitrogens is 1. The number of nitrogens with zero attached hydrogens (tertiary/aromatic N) is 3. The lowest BCUT2D eigenvalue weighted by molar-refractivity contribution is 0.0741. The summed E-state index contributed by atoms with van der Waals surface area (Å²) in [6.45, 7) is 1.52. The van der Waals surface area contributed by atoms with Crippen LogP contribution in [0.4, 0.5) is 29.1 Å². The van der Waals surface area contributed by atoms with Crippen molar-refractivity contribution >= 4 is 23.3 Å². The van der Waals surface area contributed by atoms with Crippen molar-refractivity contribution in [2.24, 2.45) is 0 Å². The highest BCUT2D eigenvalue weighted by Crippen LogP contribution is 2.19. The lowest BCUT2D eigenvalue weighted by Crippen LogP contribution is -2.49. The summed E-state index contributed by atoms with van der Waals surface area (Å²) in [7, 11) is 0. The van der Waals surface area contributed by atoms with Crippen LogP contribution in [0.2, 0.25) is 0 Å². The van der Waals surface area contributed by atoms with Gasteiger partial charge in [-0.3, -0.25) is 9.59 Å². The molecule has 0 saturated carbocycles. The molecule has 33 heavy (non-hydrogen) atoms. The predicted octanol–water partition coefficient (Wildman–Crippen LogP) is 3.85. The van der Waals surface area contributed by atoms with Gasteiger partial charge in [-0.05, 0) is 36.4 Å². The van der Waals surface area contributed by atoms with Crippen LogP contribution in [-0.4, -0.2) is 47.9 Å². The number of rotatable bonds is 4. The monoisotopic (exact) mass is 458 g/mol. The highest BCUT2D eigenvalue weighted by molar-refractivity contribution is 6.04. The summed E-state index contributed by atoms with van der Waals surface area (Å²) < 4.78 is 53.7. The number of piperazine rings is 1. The van der Waals surface area contributed by atoms with Crippen LogP contribution in [0.25, 0.3) is 0 Å². The summed E-state index contributed by atoms with van der Waals surface area (Å²) >= 11 is 0. The molecule has 10 heteroatoms. The number of hydrogen-bond acceptors (Lipinski definition) is 4. The fourth-order valence-electron chi connectivity index (χ4n) is 3.49. The Bertz CT molecular complexity index is 1200. The molecule has 0 unspecified atom stereocenters. The van der Waals surface area contributed by atoms with Crippen molar-refractivity contribution in [3.05, 3.63) is 89.1 Å². The maximum absolute atomic E-state index is 13.9. The molecule has 0 aliphatic carbocycles. The van der Waals surface area contributed by atoms with Gasteiger partial charge in [0.25, 0.3) is 11.8 Å². The molecule has 6 nitrogen and oxygen atoms in total. The van der Waals surface area contributed by atoms with Gasteiger partial charge >= 0.3 is 0 Å². The van der Waals surface area contributed by atoms with E-state index in [2.05, 4.69) is 10.3 Å². The average Bonchev–Trinajstić information content (AvgIpc) is 2.79. The fraction of sp³-hybridized carbons (Fsp3) is 0.174. The Hall–Kier alpha value is -3.95. The van der Waals surface area contributed by atoms with Gasteiger partial charge in [0.1, 0.15) is 29.1 Å². The molecule has 2 heterocycles. The Morgan fingerprint density at radius 3 is 1.94 bits per heavy atom. The first-order chi connectivity index (χ1) is 15.8. The van der Waals surface area contributed by atoms with Crippen molar-refractivity contribution in [3.63, 3.8) is 0 Å². The van der Waals surface area contributed by atoms with E-state index in [-0.39, 0.29) is 11.1 Å². The molecule has 1 fully saturated rings. The van der Waals surface area contributed by atoms with Crippen molar-refractivity contribution in [1.29, 1.82) is 0 Å². The van der Waals surface area contributed by atoms with Crippen LogP contribution >= 0.6 is 0 Å². The first kappa shape index (κ1) is 22.3. The minimum atomic E-state index is -0.968. The number of hydrogen-bond donors (Lipinski definition) is 1. The second-order valence-electron chi connectivity index (χ2n) is 7.39. The zero-order chi connectivity index (χ0) is 23.5. The molecule has 0 bridgehead atoms. The minimum Gasteiger partial charge on any atom is -0.353 e. The van der Waals surface area contributed by atoms with E-state index in [0.29, 0.717) is 49.8 Å². The first-order valence-corrected chi connectivity index (χ1v) is 10.0. The van der Waals surface area contributed by atoms with Gasteiger partial charge in [-0.15, -0.1) is 0 Å². The molecule has 0 radical (unpaired) electrons. The third-order valence-corrected chi connectivity index (χ3v) is 5.23. The Kier molecular flexibility index (Phi) is 6.25. The van der Waals surface area contributed by atoms with E-state index in [1.807, 2.05) is 4.90 Å². The molecular weight excluding hydrogens is 440 g/mol. The van der Waals surface area contributed by atoms with Crippen LogP contribution in [-0.2, 0) is 0 Å². The highest BCUT2D eigenvalue weighted by atomic mass is 19.1. The quantitative estimate of drug-likeness (QED) is 0.604. The largest absolute Gasteiger partial charge is 0.353 e. The number of carbonyl (C=O) groups is 2.